The molecular weight excluding hydrogens is 325 g/mol. The summed E-state index contributed by atoms with van der Waals surface area (Å²) < 4.78 is 20.7. The molecule has 2 aliphatic rings. The van der Waals surface area contributed by atoms with Crippen LogP contribution in [0.5, 0.6) is 0 Å². The molecule has 8 heteroatoms. The highest BCUT2D eigenvalue weighted by atomic mass is 19.1. The Morgan fingerprint density at radius 1 is 1.40 bits per heavy atom. The molecule has 3 atom stereocenters. The molecule has 132 valence electrons. The van der Waals surface area contributed by atoms with Crippen LogP contribution in [0.2, 0.25) is 0 Å². The van der Waals surface area contributed by atoms with Crippen LogP contribution in [0.4, 0.5) is 10.3 Å². The Morgan fingerprint density at radius 2 is 2.20 bits per heavy atom. The number of fused-ring (bicyclic) bond motifs is 1. The molecule has 0 saturated carbocycles. The van der Waals surface area contributed by atoms with Crippen LogP contribution >= 0.6 is 0 Å². The molecule has 7 nitrogen and oxygen atoms in total. The summed E-state index contributed by atoms with van der Waals surface area (Å²) in [5, 5.41) is 3.00. The third-order valence-electron chi connectivity index (χ3n) is 5.03. The van der Waals surface area contributed by atoms with E-state index in [2.05, 4.69) is 15.3 Å². The number of carbonyl (C=O) groups excluding carboxylic acids is 1. The smallest absolute Gasteiger partial charge is 0.267 e. The number of halogens is 1. The van der Waals surface area contributed by atoms with Gasteiger partial charge in [0.25, 0.3) is 5.91 Å². The largest absolute Gasteiger partial charge is 0.376 e. The van der Waals surface area contributed by atoms with Gasteiger partial charge in [0.2, 0.25) is 5.95 Å². The molecule has 1 amide bonds. The van der Waals surface area contributed by atoms with Crippen LogP contribution in [0.25, 0.3) is 0 Å². The summed E-state index contributed by atoms with van der Waals surface area (Å²) in [7, 11) is 1.85. The van der Waals surface area contributed by atoms with Gasteiger partial charge in [-0.15, -0.1) is 0 Å². The highest BCUT2D eigenvalue weighted by Crippen LogP contribution is 2.34. The van der Waals surface area contributed by atoms with E-state index >= 15 is 0 Å². The number of amides is 1. The molecule has 2 saturated heterocycles. The van der Waals surface area contributed by atoms with E-state index < -0.39 is 5.82 Å². The molecule has 2 aliphatic heterocycles. The van der Waals surface area contributed by atoms with Gasteiger partial charge in [0.15, 0.2) is 5.82 Å². The second-order valence-electron chi connectivity index (χ2n) is 6.62. The Morgan fingerprint density at radius 3 is 2.92 bits per heavy atom. The lowest BCUT2D eigenvalue weighted by atomic mass is 9.93. The number of nitrogens with zero attached hydrogens (tertiary/aromatic N) is 4. The fourth-order valence-electron chi connectivity index (χ4n) is 3.65. The van der Waals surface area contributed by atoms with E-state index in [9.17, 15) is 9.18 Å². The molecule has 25 heavy (non-hydrogen) atoms. The van der Waals surface area contributed by atoms with Crippen molar-refractivity contribution in [3.05, 3.63) is 42.2 Å². The Bertz CT molecular complexity index is 763. The maximum atomic E-state index is 13.0. The number of anilines is 1. The van der Waals surface area contributed by atoms with E-state index in [-0.39, 0.29) is 17.9 Å². The van der Waals surface area contributed by atoms with Crippen LogP contribution in [-0.4, -0.2) is 52.8 Å². The average molecular weight is 345 g/mol. The molecular formula is C17H20FN5O2. The van der Waals surface area contributed by atoms with Crippen LogP contribution in [0.3, 0.4) is 0 Å². The molecule has 0 bridgehead atoms. The first-order valence-corrected chi connectivity index (χ1v) is 8.35. The Kier molecular flexibility index (Phi) is 4.12. The van der Waals surface area contributed by atoms with Crippen molar-refractivity contribution in [3.63, 3.8) is 0 Å². The van der Waals surface area contributed by atoms with Crippen LogP contribution in [0.1, 0.15) is 10.5 Å². The second-order valence-corrected chi connectivity index (χ2v) is 6.62. The Labute approximate surface area is 144 Å². The van der Waals surface area contributed by atoms with Crippen molar-refractivity contribution >= 4 is 11.9 Å². The minimum absolute atomic E-state index is 0.0762. The first kappa shape index (κ1) is 16.0. The molecule has 0 aliphatic carbocycles. The number of nitrogens with one attached hydrogen (secondary N) is 1. The molecule has 0 radical (unpaired) electrons. The van der Waals surface area contributed by atoms with Gasteiger partial charge in [-0.05, 0) is 12.1 Å². The molecule has 1 N–H and O–H groups in total. The maximum Gasteiger partial charge on any atom is 0.267 e. The number of rotatable bonds is 4. The lowest BCUT2D eigenvalue weighted by molar-refractivity contribution is 0.0932. The number of hydrogen-bond acceptors (Lipinski definition) is 5. The van der Waals surface area contributed by atoms with E-state index in [0.29, 0.717) is 37.3 Å². The standard InChI is InChI=1S/C17H20FN5O2/c1-22-4-2-3-14(22)16(24)19-5-11-10-25-15-9-23(8-13(11)15)17-20-6-12(18)7-21-17/h2-4,6-7,11,13,15H,5,8-10H2,1H3,(H,19,24)/t11-,13+,15+/m1/s1. The predicted octanol–water partition coefficient (Wildman–Crippen LogP) is 0.835. The lowest BCUT2D eigenvalue weighted by Gasteiger charge is -2.20. The average Bonchev–Trinajstić information content (AvgIpc) is 3.29. The van der Waals surface area contributed by atoms with Crippen molar-refractivity contribution in [2.75, 3.05) is 31.1 Å². The van der Waals surface area contributed by atoms with E-state index in [1.165, 1.54) is 12.4 Å². The number of carbonyl (C=O) groups is 1. The number of aromatic nitrogens is 3. The highest BCUT2D eigenvalue weighted by Gasteiger charge is 2.44. The van der Waals surface area contributed by atoms with Gasteiger partial charge in [0, 0.05) is 44.7 Å². The Hall–Kier alpha value is -2.48. The first-order valence-electron chi connectivity index (χ1n) is 8.35. The predicted molar refractivity (Wildman–Crippen MR) is 88.7 cm³/mol. The summed E-state index contributed by atoms with van der Waals surface area (Å²) in [6.07, 6.45) is 4.30. The van der Waals surface area contributed by atoms with Crippen molar-refractivity contribution in [3.8, 4) is 0 Å². The van der Waals surface area contributed by atoms with Crippen molar-refractivity contribution < 1.29 is 13.9 Å². The molecule has 4 heterocycles. The summed E-state index contributed by atoms with van der Waals surface area (Å²) in [4.78, 5) is 22.4. The van der Waals surface area contributed by atoms with Gasteiger partial charge >= 0.3 is 0 Å². The van der Waals surface area contributed by atoms with Crippen LogP contribution < -0.4 is 10.2 Å². The third kappa shape index (κ3) is 3.09. The zero-order valence-corrected chi connectivity index (χ0v) is 13.9. The normalized spacial score (nSPS) is 25.2. The first-order chi connectivity index (χ1) is 12.1. The highest BCUT2D eigenvalue weighted by molar-refractivity contribution is 5.92. The van der Waals surface area contributed by atoms with Crippen molar-refractivity contribution in [1.82, 2.24) is 19.9 Å². The summed E-state index contributed by atoms with van der Waals surface area (Å²) in [5.41, 5.74) is 0.642. The second kappa shape index (κ2) is 6.44. The van der Waals surface area contributed by atoms with Gasteiger partial charge in [0.05, 0.1) is 25.1 Å². The molecule has 0 aromatic carbocycles. The molecule has 4 rings (SSSR count). The fraction of sp³-hybridized carbons (Fsp3) is 0.471. The number of ether oxygens (including phenoxy) is 1. The summed E-state index contributed by atoms with van der Waals surface area (Å²) in [6, 6.07) is 3.65. The molecule has 2 aromatic heterocycles. The molecule has 0 unspecified atom stereocenters. The number of hydrogen-bond donors (Lipinski definition) is 1. The van der Waals surface area contributed by atoms with Crippen LogP contribution in [0.15, 0.2) is 30.7 Å². The minimum atomic E-state index is -0.444. The van der Waals surface area contributed by atoms with Gasteiger partial charge < -0.3 is 19.5 Å². The van der Waals surface area contributed by atoms with Gasteiger partial charge in [0.1, 0.15) is 5.69 Å². The van der Waals surface area contributed by atoms with Crippen LogP contribution in [-0.2, 0) is 11.8 Å². The summed E-state index contributed by atoms with van der Waals surface area (Å²) >= 11 is 0. The lowest BCUT2D eigenvalue weighted by Crippen LogP contribution is -2.35. The van der Waals surface area contributed by atoms with Gasteiger partial charge in [-0.1, -0.05) is 0 Å². The van der Waals surface area contributed by atoms with Crippen molar-refractivity contribution in [2.45, 2.75) is 6.10 Å². The minimum Gasteiger partial charge on any atom is -0.376 e. The zero-order valence-electron chi connectivity index (χ0n) is 13.9. The topological polar surface area (TPSA) is 72.3 Å². The van der Waals surface area contributed by atoms with Crippen LogP contribution in [0, 0.1) is 17.7 Å². The van der Waals surface area contributed by atoms with Crippen molar-refractivity contribution in [2.24, 2.45) is 18.9 Å². The molecule has 0 spiro atoms. The van der Waals surface area contributed by atoms with Crippen molar-refractivity contribution in [1.29, 1.82) is 0 Å². The summed E-state index contributed by atoms with van der Waals surface area (Å²) in [5.74, 6) is 0.557. The number of aryl methyl sites for hydroxylation is 1. The quantitative estimate of drug-likeness (QED) is 0.889. The maximum absolute atomic E-state index is 13.0. The fourth-order valence-corrected chi connectivity index (χ4v) is 3.65. The zero-order chi connectivity index (χ0) is 17.4. The van der Waals surface area contributed by atoms with Gasteiger partial charge in [-0.2, -0.15) is 0 Å². The third-order valence-corrected chi connectivity index (χ3v) is 5.03. The van der Waals surface area contributed by atoms with Gasteiger partial charge in [-0.3, -0.25) is 4.79 Å². The van der Waals surface area contributed by atoms with Gasteiger partial charge in [-0.25, -0.2) is 14.4 Å². The summed E-state index contributed by atoms with van der Waals surface area (Å²) in [6.45, 7) is 2.66. The molecule has 2 aromatic rings. The van der Waals surface area contributed by atoms with E-state index in [4.69, 9.17) is 4.74 Å². The molecule has 2 fully saturated rings. The van der Waals surface area contributed by atoms with E-state index in [1.54, 1.807) is 10.6 Å². The Balaban J connectivity index is 1.36. The van der Waals surface area contributed by atoms with E-state index in [1.807, 2.05) is 24.2 Å². The SMILES string of the molecule is Cn1cccc1C(=O)NC[C@@H]1CO[C@H]2CN(c3ncc(F)cn3)C[C@@H]12. The van der Waals surface area contributed by atoms with E-state index in [0.717, 1.165) is 6.54 Å². The monoisotopic (exact) mass is 345 g/mol.